The van der Waals surface area contributed by atoms with Gasteiger partial charge < -0.3 is 16.4 Å². The predicted octanol–water partition coefficient (Wildman–Crippen LogP) is 1.33. The molecule has 0 unspecified atom stereocenters. The van der Waals surface area contributed by atoms with E-state index >= 15 is 0 Å². The number of hydrogen-bond acceptors (Lipinski definition) is 4. The van der Waals surface area contributed by atoms with Crippen LogP contribution < -0.4 is 16.4 Å². The maximum Gasteiger partial charge on any atom is 0.243 e. The largest absolute Gasteiger partial charge is 0.346 e. The normalized spacial score (nSPS) is 11.5. The average Bonchev–Trinajstić information content (AvgIpc) is 3.06. The minimum absolute atomic E-state index is 0. The van der Waals surface area contributed by atoms with Gasteiger partial charge in [0.2, 0.25) is 11.8 Å². The molecule has 4 N–H and O–H groups in total. The summed E-state index contributed by atoms with van der Waals surface area (Å²) in [6.07, 6.45) is 3.49. The SMILES string of the molecule is CC(C)[C@H](N)C(=O)NCC(=O)Nc1cccc(-n2cccn2)c1.Cl. The molecule has 130 valence electrons. The lowest BCUT2D eigenvalue weighted by Crippen LogP contribution is -2.46. The summed E-state index contributed by atoms with van der Waals surface area (Å²) in [5.74, 6) is -0.629. The van der Waals surface area contributed by atoms with Crippen LogP contribution in [0.1, 0.15) is 13.8 Å². The van der Waals surface area contributed by atoms with Crippen molar-refractivity contribution in [1.29, 1.82) is 0 Å². The highest BCUT2D eigenvalue weighted by molar-refractivity contribution is 5.95. The van der Waals surface area contributed by atoms with Crippen LogP contribution in [0, 0.1) is 5.92 Å². The van der Waals surface area contributed by atoms with Crippen molar-refractivity contribution in [3.63, 3.8) is 0 Å². The van der Waals surface area contributed by atoms with Gasteiger partial charge in [-0.05, 0) is 30.2 Å². The first kappa shape index (κ1) is 19.7. The molecule has 1 aromatic carbocycles. The fourth-order valence-electron chi connectivity index (χ4n) is 1.94. The molecule has 0 aliphatic rings. The molecule has 0 radical (unpaired) electrons. The van der Waals surface area contributed by atoms with Crippen molar-refractivity contribution in [2.75, 3.05) is 11.9 Å². The highest BCUT2D eigenvalue weighted by Gasteiger charge is 2.17. The van der Waals surface area contributed by atoms with Gasteiger partial charge >= 0.3 is 0 Å². The molecule has 1 heterocycles. The van der Waals surface area contributed by atoms with E-state index in [-0.39, 0.29) is 36.7 Å². The van der Waals surface area contributed by atoms with E-state index < -0.39 is 6.04 Å². The Hall–Kier alpha value is -2.38. The van der Waals surface area contributed by atoms with Crippen LogP contribution in [0.4, 0.5) is 5.69 Å². The molecule has 0 aliphatic heterocycles. The van der Waals surface area contributed by atoms with E-state index in [4.69, 9.17) is 5.73 Å². The second-order valence-corrected chi connectivity index (χ2v) is 5.54. The quantitative estimate of drug-likeness (QED) is 0.730. The zero-order chi connectivity index (χ0) is 16.8. The Bertz CT molecular complexity index is 673. The topological polar surface area (TPSA) is 102 Å². The number of carbonyl (C=O) groups is 2. The van der Waals surface area contributed by atoms with Crippen molar-refractivity contribution >= 4 is 29.9 Å². The fraction of sp³-hybridized carbons (Fsp3) is 0.312. The van der Waals surface area contributed by atoms with E-state index in [2.05, 4.69) is 15.7 Å². The second-order valence-electron chi connectivity index (χ2n) is 5.54. The molecule has 7 nitrogen and oxygen atoms in total. The summed E-state index contributed by atoms with van der Waals surface area (Å²) in [7, 11) is 0. The summed E-state index contributed by atoms with van der Waals surface area (Å²) in [5, 5.41) is 9.40. The molecule has 2 amide bonds. The summed E-state index contributed by atoms with van der Waals surface area (Å²) < 4.78 is 1.69. The number of nitrogens with two attached hydrogens (primary N) is 1. The molecule has 0 saturated heterocycles. The average molecular weight is 352 g/mol. The first-order chi connectivity index (χ1) is 11.0. The number of aromatic nitrogens is 2. The van der Waals surface area contributed by atoms with Gasteiger partial charge in [-0.15, -0.1) is 12.4 Å². The molecule has 24 heavy (non-hydrogen) atoms. The highest BCUT2D eigenvalue weighted by atomic mass is 35.5. The fourth-order valence-corrected chi connectivity index (χ4v) is 1.94. The summed E-state index contributed by atoms with van der Waals surface area (Å²) in [4.78, 5) is 23.6. The molecule has 0 aliphatic carbocycles. The van der Waals surface area contributed by atoms with Crippen molar-refractivity contribution in [1.82, 2.24) is 15.1 Å². The van der Waals surface area contributed by atoms with E-state index in [0.717, 1.165) is 5.69 Å². The highest BCUT2D eigenvalue weighted by Crippen LogP contribution is 2.13. The lowest BCUT2D eigenvalue weighted by molar-refractivity contribution is -0.125. The minimum atomic E-state index is -0.619. The molecule has 1 aromatic heterocycles. The minimum Gasteiger partial charge on any atom is -0.346 e. The Labute approximate surface area is 147 Å². The predicted molar refractivity (Wildman–Crippen MR) is 95.3 cm³/mol. The Morgan fingerprint density at radius 3 is 2.67 bits per heavy atom. The maximum atomic E-state index is 11.9. The summed E-state index contributed by atoms with van der Waals surface area (Å²) in [6.45, 7) is 3.58. The molecule has 1 atom stereocenters. The Balaban J connectivity index is 0.00000288. The van der Waals surface area contributed by atoms with Crippen LogP contribution in [0.3, 0.4) is 0 Å². The molecule has 0 bridgehead atoms. The van der Waals surface area contributed by atoms with Crippen molar-refractivity contribution < 1.29 is 9.59 Å². The van der Waals surface area contributed by atoms with Gasteiger partial charge in [-0.1, -0.05) is 19.9 Å². The molecule has 0 fully saturated rings. The molecule has 2 rings (SSSR count). The van der Waals surface area contributed by atoms with E-state index in [9.17, 15) is 9.59 Å². The van der Waals surface area contributed by atoms with Crippen LogP contribution >= 0.6 is 12.4 Å². The van der Waals surface area contributed by atoms with Crippen LogP contribution in [-0.4, -0.2) is 34.2 Å². The van der Waals surface area contributed by atoms with E-state index in [1.54, 1.807) is 23.0 Å². The molecular formula is C16H22ClN5O2. The third kappa shape index (κ3) is 5.36. The van der Waals surface area contributed by atoms with E-state index in [0.29, 0.717) is 5.69 Å². The third-order valence-electron chi connectivity index (χ3n) is 3.34. The third-order valence-corrected chi connectivity index (χ3v) is 3.34. The maximum absolute atomic E-state index is 11.9. The number of nitrogens with one attached hydrogen (secondary N) is 2. The van der Waals surface area contributed by atoms with E-state index in [1.165, 1.54) is 0 Å². The van der Waals surface area contributed by atoms with Crippen LogP contribution in [0.5, 0.6) is 0 Å². The van der Waals surface area contributed by atoms with Crippen LogP contribution in [-0.2, 0) is 9.59 Å². The monoisotopic (exact) mass is 351 g/mol. The lowest BCUT2D eigenvalue weighted by Gasteiger charge is -2.15. The Morgan fingerprint density at radius 2 is 2.04 bits per heavy atom. The molecule has 0 spiro atoms. The van der Waals surface area contributed by atoms with Crippen molar-refractivity contribution in [2.24, 2.45) is 11.7 Å². The first-order valence-corrected chi connectivity index (χ1v) is 7.40. The molecule has 2 aromatic rings. The summed E-state index contributed by atoms with van der Waals surface area (Å²) >= 11 is 0. The second kappa shape index (κ2) is 9.05. The van der Waals surface area contributed by atoms with Gasteiger partial charge in [0.15, 0.2) is 0 Å². The van der Waals surface area contributed by atoms with Crippen LogP contribution in [0.15, 0.2) is 42.7 Å². The number of benzene rings is 1. The number of amides is 2. The zero-order valence-corrected chi connectivity index (χ0v) is 14.4. The van der Waals surface area contributed by atoms with E-state index in [1.807, 2.05) is 38.2 Å². The van der Waals surface area contributed by atoms with Crippen molar-refractivity contribution in [3.05, 3.63) is 42.7 Å². The Morgan fingerprint density at radius 1 is 1.29 bits per heavy atom. The smallest absolute Gasteiger partial charge is 0.243 e. The van der Waals surface area contributed by atoms with Gasteiger partial charge in [-0.2, -0.15) is 5.10 Å². The molecule has 0 saturated carbocycles. The van der Waals surface area contributed by atoms with Gasteiger partial charge in [0.05, 0.1) is 18.3 Å². The van der Waals surface area contributed by atoms with Crippen LogP contribution in [0.25, 0.3) is 5.69 Å². The van der Waals surface area contributed by atoms with Gasteiger partial charge in [0.25, 0.3) is 0 Å². The van der Waals surface area contributed by atoms with Gasteiger partial charge in [0, 0.05) is 18.1 Å². The summed E-state index contributed by atoms with van der Waals surface area (Å²) in [6, 6.07) is 8.47. The van der Waals surface area contributed by atoms with Gasteiger partial charge in [-0.3, -0.25) is 9.59 Å². The standard InChI is InChI=1S/C16H21N5O2.ClH/c1-11(2)15(17)16(23)18-10-14(22)20-12-5-3-6-13(9-12)21-8-4-7-19-21;/h3-9,11,15H,10,17H2,1-2H3,(H,18,23)(H,20,22);1H/t15-;/m0./s1. The van der Waals surface area contributed by atoms with Gasteiger partial charge in [-0.25, -0.2) is 4.68 Å². The van der Waals surface area contributed by atoms with Crippen LogP contribution in [0.2, 0.25) is 0 Å². The zero-order valence-electron chi connectivity index (χ0n) is 13.6. The number of halogens is 1. The van der Waals surface area contributed by atoms with Crippen molar-refractivity contribution in [3.8, 4) is 5.69 Å². The van der Waals surface area contributed by atoms with Gasteiger partial charge in [0.1, 0.15) is 0 Å². The number of hydrogen-bond donors (Lipinski definition) is 3. The number of carbonyl (C=O) groups excluding carboxylic acids is 2. The number of anilines is 1. The lowest BCUT2D eigenvalue weighted by atomic mass is 10.1. The molecular weight excluding hydrogens is 330 g/mol. The Kier molecular flexibility index (Phi) is 7.41. The number of nitrogens with zero attached hydrogens (tertiary/aromatic N) is 2. The molecule has 8 heteroatoms. The number of rotatable bonds is 6. The summed E-state index contributed by atoms with van der Waals surface area (Å²) in [5.41, 5.74) is 7.18. The van der Waals surface area contributed by atoms with Crippen molar-refractivity contribution in [2.45, 2.75) is 19.9 Å². The first-order valence-electron chi connectivity index (χ1n) is 7.40.